The molecule has 0 fully saturated rings. The minimum absolute atomic E-state index is 0.285. The molecular weight excluding hydrogens is 402 g/mol. The monoisotopic (exact) mass is 425 g/mol. The van der Waals surface area contributed by atoms with Gasteiger partial charge in [-0.25, -0.2) is 14.8 Å². The molecule has 0 bridgehead atoms. The fourth-order valence-corrected chi connectivity index (χ4v) is 3.98. The molecule has 9 heteroatoms. The number of hydrogen-bond acceptors (Lipinski definition) is 8. The van der Waals surface area contributed by atoms with Gasteiger partial charge in [-0.15, -0.1) is 11.3 Å². The standard InChI is InChI=1S/C21H23N5O3S/c1-21(2,3)29-20(27)26-9-8-16-18(12-26)30-19(24-16)11-23-25-15-6-4-14(5-7-15)17-10-22-13-28-17/h4-7,10-11,13,25H,8-9,12H2,1-3H3/b23-11+. The van der Waals surface area contributed by atoms with Crippen LogP contribution in [0.25, 0.3) is 11.3 Å². The molecule has 1 aliphatic rings. The van der Waals surface area contributed by atoms with Crippen LogP contribution in [-0.4, -0.2) is 39.3 Å². The van der Waals surface area contributed by atoms with E-state index in [1.807, 2.05) is 45.0 Å². The van der Waals surface area contributed by atoms with Crippen LogP contribution in [-0.2, 0) is 17.7 Å². The highest BCUT2D eigenvalue weighted by molar-refractivity contribution is 7.13. The highest BCUT2D eigenvalue weighted by Crippen LogP contribution is 2.26. The van der Waals surface area contributed by atoms with Gasteiger partial charge in [0.1, 0.15) is 10.6 Å². The number of carbonyl (C=O) groups is 1. The van der Waals surface area contributed by atoms with Gasteiger partial charge in [-0.3, -0.25) is 5.43 Å². The number of hydrogen-bond donors (Lipinski definition) is 1. The predicted octanol–water partition coefficient (Wildman–Crippen LogP) is 4.54. The fourth-order valence-electron chi connectivity index (χ4n) is 2.98. The molecule has 3 heterocycles. The van der Waals surface area contributed by atoms with Gasteiger partial charge in [0.15, 0.2) is 12.2 Å². The second-order valence-electron chi connectivity index (χ2n) is 7.89. The molecule has 0 unspecified atom stereocenters. The Morgan fingerprint density at radius 2 is 2.13 bits per heavy atom. The van der Waals surface area contributed by atoms with E-state index in [1.165, 1.54) is 6.39 Å². The van der Waals surface area contributed by atoms with Crippen molar-refractivity contribution in [3.05, 3.63) is 52.4 Å². The summed E-state index contributed by atoms with van der Waals surface area (Å²) in [6, 6.07) is 7.71. The Morgan fingerprint density at radius 3 is 2.83 bits per heavy atom. The van der Waals surface area contributed by atoms with Gasteiger partial charge in [0.25, 0.3) is 0 Å². The van der Waals surface area contributed by atoms with Crippen molar-refractivity contribution in [1.82, 2.24) is 14.9 Å². The molecule has 0 saturated carbocycles. The molecule has 156 valence electrons. The topological polar surface area (TPSA) is 92.8 Å². The molecule has 4 rings (SSSR count). The number of amides is 1. The van der Waals surface area contributed by atoms with E-state index < -0.39 is 5.60 Å². The summed E-state index contributed by atoms with van der Waals surface area (Å²) in [6.45, 7) is 6.74. The second kappa shape index (κ2) is 8.27. The molecule has 3 aromatic rings. The summed E-state index contributed by atoms with van der Waals surface area (Å²) in [5.74, 6) is 0.721. The first-order valence-electron chi connectivity index (χ1n) is 9.62. The number of fused-ring (bicyclic) bond motifs is 1. The van der Waals surface area contributed by atoms with Crippen LogP contribution in [0.3, 0.4) is 0 Å². The maximum atomic E-state index is 12.3. The third kappa shape index (κ3) is 4.85. The van der Waals surface area contributed by atoms with Gasteiger partial charge in [0.05, 0.1) is 30.3 Å². The summed E-state index contributed by atoms with van der Waals surface area (Å²) in [7, 11) is 0. The van der Waals surface area contributed by atoms with Crippen LogP contribution < -0.4 is 5.43 Å². The van der Waals surface area contributed by atoms with Crippen LogP contribution in [0.2, 0.25) is 0 Å². The average Bonchev–Trinajstić information content (AvgIpc) is 3.36. The minimum atomic E-state index is -0.498. The van der Waals surface area contributed by atoms with Crippen molar-refractivity contribution < 1.29 is 13.9 Å². The van der Waals surface area contributed by atoms with Gasteiger partial charge in [-0.1, -0.05) is 0 Å². The Hall–Kier alpha value is -3.20. The van der Waals surface area contributed by atoms with E-state index in [0.29, 0.717) is 13.1 Å². The highest BCUT2D eigenvalue weighted by Gasteiger charge is 2.27. The van der Waals surface area contributed by atoms with E-state index in [0.717, 1.165) is 39.0 Å². The number of aromatic nitrogens is 2. The molecule has 1 N–H and O–H groups in total. The summed E-state index contributed by atoms with van der Waals surface area (Å²) in [4.78, 5) is 23.6. The third-order valence-corrected chi connectivity index (χ3v) is 5.39. The van der Waals surface area contributed by atoms with E-state index in [4.69, 9.17) is 9.15 Å². The largest absolute Gasteiger partial charge is 0.444 e. The number of anilines is 1. The van der Waals surface area contributed by atoms with Crippen molar-refractivity contribution >= 4 is 29.3 Å². The minimum Gasteiger partial charge on any atom is -0.444 e. The van der Waals surface area contributed by atoms with E-state index in [1.54, 1.807) is 28.6 Å². The van der Waals surface area contributed by atoms with Crippen LogP contribution in [0, 0.1) is 0 Å². The molecule has 0 saturated heterocycles. The second-order valence-corrected chi connectivity index (χ2v) is 9.00. The van der Waals surface area contributed by atoms with Crippen molar-refractivity contribution in [2.24, 2.45) is 5.10 Å². The van der Waals surface area contributed by atoms with Crippen LogP contribution in [0.4, 0.5) is 10.5 Å². The Balaban J connectivity index is 1.35. The molecule has 2 aromatic heterocycles. The van der Waals surface area contributed by atoms with E-state index in [-0.39, 0.29) is 6.09 Å². The lowest BCUT2D eigenvalue weighted by atomic mass is 10.2. The lowest BCUT2D eigenvalue weighted by Gasteiger charge is -2.29. The van der Waals surface area contributed by atoms with Crippen molar-refractivity contribution in [1.29, 1.82) is 0 Å². The number of carbonyl (C=O) groups excluding carboxylic acids is 1. The summed E-state index contributed by atoms with van der Waals surface area (Å²) in [5, 5.41) is 5.08. The van der Waals surface area contributed by atoms with Crippen molar-refractivity contribution in [2.75, 3.05) is 12.0 Å². The first kappa shape index (κ1) is 20.1. The van der Waals surface area contributed by atoms with Gasteiger partial charge in [-0.2, -0.15) is 5.10 Å². The summed E-state index contributed by atoms with van der Waals surface area (Å²) < 4.78 is 10.8. The number of hydrazone groups is 1. The maximum Gasteiger partial charge on any atom is 0.410 e. The Bertz CT molecular complexity index is 1040. The SMILES string of the molecule is CC(C)(C)OC(=O)N1CCc2nc(/C=N/Nc3ccc(-c4cnco4)cc3)sc2C1. The number of benzene rings is 1. The zero-order valence-electron chi connectivity index (χ0n) is 17.1. The molecule has 1 aliphatic heterocycles. The van der Waals surface area contributed by atoms with Crippen LogP contribution in [0.15, 0.2) is 46.4 Å². The van der Waals surface area contributed by atoms with Crippen molar-refractivity contribution in [3.63, 3.8) is 0 Å². The lowest BCUT2D eigenvalue weighted by molar-refractivity contribution is 0.0225. The van der Waals surface area contributed by atoms with E-state index in [2.05, 4.69) is 20.5 Å². The Kier molecular flexibility index (Phi) is 5.54. The molecule has 0 atom stereocenters. The van der Waals surface area contributed by atoms with Gasteiger partial charge in [0, 0.05) is 23.4 Å². The molecule has 0 radical (unpaired) electrons. The summed E-state index contributed by atoms with van der Waals surface area (Å²) in [5.41, 5.74) is 5.33. The lowest BCUT2D eigenvalue weighted by Crippen LogP contribution is -2.39. The molecule has 0 aliphatic carbocycles. The number of oxazole rings is 1. The van der Waals surface area contributed by atoms with Crippen LogP contribution in [0.5, 0.6) is 0 Å². The van der Waals surface area contributed by atoms with Crippen LogP contribution in [0.1, 0.15) is 36.3 Å². The molecule has 1 aromatic carbocycles. The molecule has 8 nitrogen and oxygen atoms in total. The summed E-state index contributed by atoms with van der Waals surface area (Å²) in [6.07, 6.45) is 5.22. The van der Waals surface area contributed by atoms with Gasteiger partial charge in [0.2, 0.25) is 0 Å². The fraction of sp³-hybridized carbons (Fsp3) is 0.333. The normalized spacial score (nSPS) is 14.0. The average molecular weight is 426 g/mol. The molecule has 0 spiro atoms. The number of nitrogens with zero attached hydrogens (tertiary/aromatic N) is 4. The van der Waals surface area contributed by atoms with Crippen molar-refractivity contribution in [3.8, 4) is 11.3 Å². The first-order chi connectivity index (χ1) is 14.4. The molecular formula is C21H23N5O3S. The number of ether oxygens (including phenoxy) is 1. The number of thiazole rings is 1. The zero-order valence-corrected chi connectivity index (χ0v) is 17.9. The van der Waals surface area contributed by atoms with E-state index in [9.17, 15) is 4.79 Å². The van der Waals surface area contributed by atoms with Crippen molar-refractivity contribution in [2.45, 2.75) is 39.3 Å². The maximum absolute atomic E-state index is 12.3. The van der Waals surface area contributed by atoms with E-state index >= 15 is 0 Å². The highest BCUT2D eigenvalue weighted by atomic mass is 32.1. The quantitative estimate of drug-likeness (QED) is 0.487. The third-order valence-electron chi connectivity index (χ3n) is 4.37. The zero-order chi connectivity index (χ0) is 21.1. The van der Waals surface area contributed by atoms with Gasteiger partial charge < -0.3 is 14.1 Å². The Labute approximate surface area is 178 Å². The Morgan fingerprint density at radius 1 is 1.33 bits per heavy atom. The predicted molar refractivity (Wildman–Crippen MR) is 116 cm³/mol. The first-order valence-corrected chi connectivity index (χ1v) is 10.4. The number of nitrogens with one attached hydrogen (secondary N) is 1. The number of rotatable bonds is 4. The summed E-state index contributed by atoms with van der Waals surface area (Å²) >= 11 is 1.54. The molecule has 30 heavy (non-hydrogen) atoms. The smallest absolute Gasteiger partial charge is 0.410 e. The van der Waals surface area contributed by atoms with Gasteiger partial charge >= 0.3 is 6.09 Å². The van der Waals surface area contributed by atoms with Gasteiger partial charge in [-0.05, 0) is 45.0 Å². The molecule has 1 amide bonds. The van der Waals surface area contributed by atoms with Crippen LogP contribution >= 0.6 is 11.3 Å².